The van der Waals surface area contributed by atoms with Crippen molar-refractivity contribution in [2.75, 3.05) is 12.4 Å². The van der Waals surface area contributed by atoms with Crippen molar-refractivity contribution < 1.29 is 14.3 Å². The average Bonchev–Trinajstić information content (AvgIpc) is 3.49. The van der Waals surface area contributed by atoms with Crippen LogP contribution in [0.1, 0.15) is 20.1 Å². The van der Waals surface area contributed by atoms with E-state index in [0.29, 0.717) is 16.4 Å². The van der Waals surface area contributed by atoms with Gasteiger partial charge in [0.05, 0.1) is 17.7 Å². The molecule has 0 saturated carbocycles. The van der Waals surface area contributed by atoms with E-state index in [1.165, 1.54) is 22.7 Å². The van der Waals surface area contributed by atoms with Crippen molar-refractivity contribution in [3.63, 3.8) is 0 Å². The molecule has 0 aliphatic carbocycles. The number of aromatic nitrogens is 1. The maximum Gasteiger partial charge on any atom is 0.262 e. The summed E-state index contributed by atoms with van der Waals surface area (Å²) in [5.74, 6) is 0.194. The third-order valence-corrected chi connectivity index (χ3v) is 6.79. The maximum absolute atomic E-state index is 13.2. The fourth-order valence-corrected chi connectivity index (χ4v) is 4.82. The second-order valence-corrected chi connectivity index (χ2v) is 9.49. The zero-order valence-electron chi connectivity index (χ0n) is 18.2. The number of benzene rings is 2. The Morgan fingerprint density at radius 3 is 2.45 bits per heavy atom. The topological polar surface area (TPSA) is 80.3 Å². The number of rotatable bonds is 8. The highest BCUT2D eigenvalue weighted by Crippen LogP contribution is 2.31. The van der Waals surface area contributed by atoms with Crippen LogP contribution in [-0.2, 0) is 11.2 Å². The van der Waals surface area contributed by atoms with Crippen molar-refractivity contribution in [3.05, 3.63) is 87.4 Å². The number of hydrogen-bond acceptors (Lipinski definition) is 6. The molecule has 0 aliphatic rings. The first-order valence-corrected chi connectivity index (χ1v) is 12.0. The van der Waals surface area contributed by atoms with Crippen LogP contribution in [0.4, 0.5) is 5.13 Å². The van der Waals surface area contributed by atoms with Crippen LogP contribution < -0.4 is 15.4 Å². The molecule has 2 heterocycles. The zero-order valence-corrected chi connectivity index (χ0v) is 19.8. The normalized spacial score (nSPS) is 11.6. The molecule has 2 aromatic heterocycles. The molecular formula is C25H23N3O3S2. The molecule has 1 atom stereocenters. The molecule has 4 rings (SSSR count). The van der Waals surface area contributed by atoms with Gasteiger partial charge in [-0.3, -0.25) is 9.59 Å². The van der Waals surface area contributed by atoms with Crippen LogP contribution >= 0.6 is 22.7 Å². The third-order valence-electron chi connectivity index (χ3n) is 5.04. The minimum absolute atomic E-state index is 0.268. The lowest BCUT2D eigenvalue weighted by Gasteiger charge is -2.17. The van der Waals surface area contributed by atoms with Crippen LogP contribution in [0.5, 0.6) is 5.75 Å². The van der Waals surface area contributed by atoms with E-state index in [9.17, 15) is 9.59 Å². The van der Waals surface area contributed by atoms with Crippen molar-refractivity contribution in [2.24, 2.45) is 0 Å². The summed E-state index contributed by atoms with van der Waals surface area (Å²) in [6.07, 6.45) is 0.374. The summed E-state index contributed by atoms with van der Waals surface area (Å²) >= 11 is 2.74. The van der Waals surface area contributed by atoms with Gasteiger partial charge in [-0.15, -0.1) is 22.7 Å². The van der Waals surface area contributed by atoms with Crippen LogP contribution in [0.3, 0.4) is 0 Å². The molecule has 0 unspecified atom stereocenters. The van der Waals surface area contributed by atoms with Crippen molar-refractivity contribution >= 4 is 39.6 Å². The predicted octanol–water partition coefficient (Wildman–Crippen LogP) is 5.17. The Morgan fingerprint density at radius 1 is 1.03 bits per heavy atom. The first-order valence-electron chi connectivity index (χ1n) is 10.3. The van der Waals surface area contributed by atoms with E-state index in [4.69, 9.17) is 4.74 Å². The lowest BCUT2D eigenvalue weighted by atomic mass is 10.1. The number of ether oxygens (including phenoxy) is 1. The van der Waals surface area contributed by atoms with Gasteiger partial charge in [0.25, 0.3) is 5.91 Å². The molecule has 2 aromatic carbocycles. The third kappa shape index (κ3) is 5.66. The molecule has 0 saturated heterocycles. The van der Waals surface area contributed by atoms with Crippen LogP contribution in [0.25, 0.3) is 11.3 Å². The van der Waals surface area contributed by atoms with Gasteiger partial charge in [-0.05, 0) is 48.2 Å². The Bertz CT molecular complexity index is 1220. The first-order chi connectivity index (χ1) is 16.0. The number of hydrogen-bond donors (Lipinski definition) is 2. The van der Waals surface area contributed by atoms with Gasteiger partial charge in [0.1, 0.15) is 11.8 Å². The molecule has 6 nitrogen and oxygen atoms in total. The van der Waals surface area contributed by atoms with Crippen LogP contribution in [0.15, 0.2) is 72.1 Å². The summed E-state index contributed by atoms with van der Waals surface area (Å²) in [5, 5.41) is 8.10. The summed E-state index contributed by atoms with van der Waals surface area (Å²) < 4.78 is 5.22. The number of thiophene rings is 1. The Labute approximate surface area is 200 Å². The van der Waals surface area contributed by atoms with Gasteiger partial charge in [0.2, 0.25) is 5.91 Å². The Balaban J connectivity index is 1.52. The summed E-state index contributed by atoms with van der Waals surface area (Å²) in [6, 6.07) is 20.1. The van der Waals surface area contributed by atoms with Crippen LogP contribution in [0.2, 0.25) is 0 Å². The number of thiazole rings is 1. The van der Waals surface area contributed by atoms with Gasteiger partial charge in [-0.1, -0.05) is 36.4 Å². The number of methoxy groups -OCH3 is 1. The molecular weight excluding hydrogens is 454 g/mol. The molecule has 0 radical (unpaired) electrons. The van der Waals surface area contributed by atoms with Gasteiger partial charge in [0.15, 0.2) is 5.13 Å². The second kappa shape index (κ2) is 10.4. The number of amides is 2. The number of anilines is 1. The lowest BCUT2D eigenvalue weighted by molar-refractivity contribution is -0.118. The molecule has 8 heteroatoms. The average molecular weight is 478 g/mol. The molecule has 4 aromatic rings. The number of carbonyl (C=O) groups excluding carboxylic acids is 2. The van der Waals surface area contributed by atoms with Gasteiger partial charge in [-0.2, -0.15) is 0 Å². The summed E-state index contributed by atoms with van der Waals surface area (Å²) in [5.41, 5.74) is 2.70. The highest BCUT2D eigenvalue weighted by molar-refractivity contribution is 7.16. The minimum atomic E-state index is -0.740. The number of nitrogens with zero attached hydrogens (tertiary/aromatic N) is 1. The summed E-state index contributed by atoms with van der Waals surface area (Å²) in [7, 11) is 1.62. The fourth-order valence-electron chi connectivity index (χ4n) is 3.36. The molecule has 0 fully saturated rings. The van der Waals surface area contributed by atoms with Crippen molar-refractivity contribution in [1.82, 2.24) is 10.3 Å². The molecule has 0 aliphatic heterocycles. The monoisotopic (exact) mass is 477 g/mol. The van der Waals surface area contributed by atoms with Crippen molar-refractivity contribution in [1.29, 1.82) is 0 Å². The highest BCUT2D eigenvalue weighted by atomic mass is 32.1. The smallest absolute Gasteiger partial charge is 0.262 e. The van der Waals surface area contributed by atoms with E-state index in [1.807, 2.05) is 73.0 Å². The maximum atomic E-state index is 13.2. The largest absolute Gasteiger partial charge is 0.497 e. The van der Waals surface area contributed by atoms with E-state index < -0.39 is 6.04 Å². The molecule has 33 heavy (non-hydrogen) atoms. The summed E-state index contributed by atoms with van der Waals surface area (Å²) in [6.45, 7) is 1.97. The second-order valence-electron chi connectivity index (χ2n) is 7.33. The van der Waals surface area contributed by atoms with Gasteiger partial charge >= 0.3 is 0 Å². The van der Waals surface area contributed by atoms with Crippen LogP contribution in [0, 0.1) is 6.92 Å². The lowest BCUT2D eigenvalue weighted by Crippen LogP contribution is -2.45. The molecule has 2 N–H and O–H groups in total. The number of nitrogens with one attached hydrogen (secondary N) is 2. The molecule has 0 spiro atoms. The quantitative estimate of drug-likeness (QED) is 0.367. The first kappa shape index (κ1) is 22.7. The Morgan fingerprint density at radius 2 is 1.79 bits per heavy atom. The Kier molecular flexibility index (Phi) is 7.16. The van der Waals surface area contributed by atoms with Gasteiger partial charge < -0.3 is 15.4 Å². The van der Waals surface area contributed by atoms with E-state index in [2.05, 4.69) is 15.6 Å². The van der Waals surface area contributed by atoms with E-state index in [0.717, 1.165) is 27.4 Å². The number of aryl methyl sites for hydroxylation is 1. The zero-order chi connectivity index (χ0) is 23.2. The van der Waals surface area contributed by atoms with Crippen molar-refractivity contribution in [3.8, 4) is 17.0 Å². The van der Waals surface area contributed by atoms with E-state index in [-0.39, 0.29) is 11.8 Å². The molecule has 168 valence electrons. The molecule has 2 amide bonds. The molecule has 0 bridgehead atoms. The fraction of sp³-hybridized carbons (Fsp3) is 0.160. The standard InChI is InChI=1S/C25H23N3O3S2/c1-16-22(18-10-12-19(31-2)13-11-18)27-25(33-16)28-23(29)20(15-17-7-4-3-5-8-17)26-24(30)21-9-6-14-32-21/h3-14,20H,15H2,1-2H3,(H,26,30)(H,27,28,29)/t20-/m0/s1. The number of carbonyl (C=O) groups is 2. The van der Waals surface area contributed by atoms with Crippen LogP contribution in [-0.4, -0.2) is 29.9 Å². The van der Waals surface area contributed by atoms with Gasteiger partial charge in [-0.25, -0.2) is 4.98 Å². The van der Waals surface area contributed by atoms with Crippen molar-refractivity contribution in [2.45, 2.75) is 19.4 Å². The van der Waals surface area contributed by atoms with E-state index in [1.54, 1.807) is 13.2 Å². The van der Waals surface area contributed by atoms with E-state index >= 15 is 0 Å². The minimum Gasteiger partial charge on any atom is -0.497 e. The highest BCUT2D eigenvalue weighted by Gasteiger charge is 2.24. The summed E-state index contributed by atoms with van der Waals surface area (Å²) in [4.78, 5) is 32.0. The SMILES string of the molecule is COc1ccc(-c2nc(NC(=O)[C@H](Cc3ccccc3)NC(=O)c3cccs3)sc2C)cc1. The Hall–Kier alpha value is -3.49. The predicted molar refractivity (Wildman–Crippen MR) is 133 cm³/mol. The van der Waals surface area contributed by atoms with Gasteiger partial charge in [0, 0.05) is 16.9 Å².